The molecule has 202 valence electrons. The third-order valence-corrected chi connectivity index (χ3v) is 8.04. The maximum atomic E-state index is 13.0. The van der Waals surface area contributed by atoms with E-state index in [0.29, 0.717) is 28.3 Å². The van der Waals surface area contributed by atoms with Crippen molar-refractivity contribution in [1.29, 1.82) is 0 Å². The number of nitro benzene ring substituents is 1. The molecule has 0 N–H and O–H groups in total. The number of carbonyl (C=O) groups is 2. The number of hydrogen-bond donors (Lipinski definition) is 0. The minimum Gasteiger partial charge on any atom is -0.448 e. The van der Waals surface area contributed by atoms with Gasteiger partial charge in [0.05, 0.1) is 40.9 Å². The Bertz CT molecular complexity index is 1550. The molecular weight excluding hydrogens is 716 g/mol. The quantitative estimate of drug-likeness (QED) is 0.143. The Morgan fingerprint density at radius 3 is 2.28 bits per heavy atom. The predicted octanol–water partition coefficient (Wildman–Crippen LogP) is 9.47. The second kappa shape index (κ2) is 11.5. The summed E-state index contributed by atoms with van der Waals surface area (Å²) in [6, 6.07) is 9.72. The fourth-order valence-electron chi connectivity index (χ4n) is 3.40. The third-order valence-electron chi connectivity index (χ3n) is 5.21. The number of nitrogens with zero attached hydrogens (tertiary/aromatic N) is 2. The molecule has 2 amide bonds. The van der Waals surface area contributed by atoms with Gasteiger partial charge in [0.15, 0.2) is 5.75 Å². The predicted molar refractivity (Wildman–Crippen MR) is 148 cm³/mol. The van der Waals surface area contributed by atoms with Gasteiger partial charge in [-0.1, -0.05) is 29.3 Å². The molecule has 1 heterocycles. The lowest BCUT2D eigenvalue weighted by molar-refractivity contribution is -0.385. The van der Waals surface area contributed by atoms with Gasteiger partial charge in [-0.3, -0.25) is 24.6 Å². The summed E-state index contributed by atoms with van der Waals surface area (Å²) >= 11 is 19.2. The van der Waals surface area contributed by atoms with Crippen LogP contribution in [0.1, 0.15) is 16.7 Å². The normalized spacial score (nSPS) is 14.8. The highest BCUT2D eigenvalue weighted by molar-refractivity contribution is 9.11. The highest BCUT2D eigenvalue weighted by Crippen LogP contribution is 2.43. The van der Waals surface area contributed by atoms with E-state index in [1.165, 1.54) is 18.2 Å². The van der Waals surface area contributed by atoms with E-state index in [2.05, 4.69) is 31.9 Å². The molecular formula is C24H11Br2Cl2F3N2O5S. The summed E-state index contributed by atoms with van der Waals surface area (Å²) in [7, 11) is 0. The van der Waals surface area contributed by atoms with Crippen LogP contribution in [0.15, 0.2) is 62.4 Å². The molecule has 3 aromatic rings. The SMILES string of the molecule is O=C1S/C(=C\c2cc(Br)c(Oc3ccc(C(F)(F)F)cc3[N+](=O)[O-])c(Br)c2)C(=O)N1Cc1ccc(Cl)c(Cl)c1. The van der Waals surface area contributed by atoms with Gasteiger partial charge < -0.3 is 4.74 Å². The first-order chi connectivity index (χ1) is 18.2. The van der Waals surface area contributed by atoms with Crippen LogP contribution < -0.4 is 4.74 Å². The Kier molecular flexibility index (Phi) is 8.67. The average Bonchev–Trinajstić information content (AvgIpc) is 3.10. The van der Waals surface area contributed by atoms with E-state index in [4.69, 9.17) is 27.9 Å². The molecule has 7 nitrogen and oxygen atoms in total. The first-order valence-corrected chi connectivity index (χ1v) is 13.6. The fraction of sp³-hybridized carbons (Fsp3) is 0.0833. The van der Waals surface area contributed by atoms with Crippen molar-refractivity contribution in [2.24, 2.45) is 0 Å². The topological polar surface area (TPSA) is 89.7 Å². The molecule has 0 aliphatic carbocycles. The molecule has 0 unspecified atom stereocenters. The van der Waals surface area contributed by atoms with Gasteiger partial charge in [-0.25, -0.2) is 0 Å². The zero-order valence-corrected chi connectivity index (χ0v) is 24.4. The molecule has 3 aromatic carbocycles. The number of benzene rings is 3. The van der Waals surface area contributed by atoms with Gasteiger partial charge in [0.25, 0.3) is 11.1 Å². The molecule has 0 bridgehead atoms. The van der Waals surface area contributed by atoms with Crippen LogP contribution in [0, 0.1) is 10.1 Å². The molecule has 1 fully saturated rings. The summed E-state index contributed by atoms with van der Waals surface area (Å²) in [6.45, 7) is -0.00896. The van der Waals surface area contributed by atoms with Gasteiger partial charge in [0, 0.05) is 6.07 Å². The molecule has 0 radical (unpaired) electrons. The second-order valence-electron chi connectivity index (χ2n) is 7.87. The number of carbonyl (C=O) groups excluding carboxylic acids is 2. The van der Waals surface area contributed by atoms with Crippen LogP contribution in [0.4, 0.5) is 23.7 Å². The maximum absolute atomic E-state index is 13.0. The van der Waals surface area contributed by atoms with Crippen LogP contribution in [-0.4, -0.2) is 21.0 Å². The van der Waals surface area contributed by atoms with Crippen molar-refractivity contribution in [2.75, 3.05) is 0 Å². The molecule has 1 aliphatic rings. The summed E-state index contributed by atoms with van der Waals surface area (Å²) in [4.78, 5) is 37.0. The van der Waals surface area contributed by atoms with E-state index < -0.39 is 39.2 Å². The first-order valence-electron chi connectivity index (χ1n) is 10.5. The number of halogens is 7. The zero-order valence-electron chi connectivity index (χ0n) is 18.9. The molecule has 1 saturated heterocycles. The Labute approximate surface area is 249 Å². The van der Waals surface area contributed by atoms with Crippen molar-refractivity contribution < 1.29 is 32.4 Å². The minimum atomic E-state index is -4.77. The maximum Gasteiger partial charge on any atom is 0.416 e. The monoisotopic (exact) mass is 724 g/mol. The van der Waals surface area contributed by atoms with Gasteiger partial charge in [-0.2, -0.15) is 13.2 Å². The number of thioether (sulfide) groups is 1. The Hall–Kier alpha value is -2.58. The zero-order chi connectivity index (χ0) is 28.6. The van der Waals surface area contributed by atoms with Crippen molar-refractivity contribution in [2.45, 2.75) is 12.7 Å². The average molecular weight is 727 g/mol. The summed E-state index contributed by atoms with van der Waals surface area (Å²) < 4.78 is 45.1. The van der Waals surface area contributed by atoms with Crippen LogP contribution in [0.3, 0.4) is 0 Å². The number of hydrogen-bond acceptors (Lipinski definition) is 6. The molecule has 0 saturated carbocycles. The van der Waals surface area contributed by atoms with E-state index in [1.54, 1.807) is 18.2 Å². The van der Waals surface area contributed by atoms with Crippen LogP contribution in [0.25, 0.3) is 6.08 Å². The van der Waals surface area contributed by atoms with Crippen molar-refractivity contribution in [1.82, 2.24) is 4.90 Å². The van der Waals surface area contributed by atoms with Gasteiger partial charge in [0.2, 0.25) is 5.75 Å². The highest BCUT2D eigenvalue weighted by atomic mass is 79.9. The van der Waals surface area contributed by atoms with Crippen LogP contribution in [-0.2, 0) is 17.5 Å². The number of imide groups is 1. The molecule has 15 heteroatoms. The fourth-order valence-corrected chi connectivity index (χ4v) is 5.94. The first kappa shape index (κ1) is 29.4. The number of alkyl halides is 3. The van der Waals surface area contributed by atoms with Crippen molar-refractivity contribution >= 4 is 89.7 Å². The number of nitro groups is 1. The molecule has 1 aliphatic heterocycles. The van der Waals surface area contributed by atoms with Gasteiger partial charge in [0.1, 0.15) is 0 Å². The smallest absolute Gasteiger partial charge is 0.416 e. The van der Waals surface area contributed by atoms with Gasteiger partial charge in [-0.05, 0) is 97.2 Å². The lowest BCUT2D eigenvalue weighted by atomic mass is 10.1. The number of ether oxygens (including phenoxy) is 1. The van der Waals surface area contributed by atoms with E-state index in [-0.39, 0.29) is 31.2 Å². The van der Waals surface area contributed by atoms with Crippen molar-refractivity contribution in [3.63, 3.8) is 0 Å². The van der Waals surface area contributed by atoms with E-state index >= 15 is 0 Å². The summed E-state index contributed by atoms with van der Waals surface area (Å²) in [5.74, 6) is -0.891. The van der Waals surface area contributed by atoms with Crippen molar-refractivity contribution in [3.8, 4) is 11.5 Å². The van der Waals surface area contributed by atoms with Crippen LogP contribution >= 0.6 is 66.8 Å². The minimum absolute atomic E-state index is 0.00896. The van der Waals surface area contributed by atoms with E-state index in [0.717, 1.165) is 22.7 Å². The molecule has 39 heavy (non-hydrogen) atoms. The second-order valence-corrected chi connectivity index (χ2v) is 11.4. The summed E-state index contributed by atoms with van der Waals surface area (Å²) in [5.41, 5.74) is -0.994. The largest absolute Gasteiger partial charge is 0.448 e. The van der Waals surface area contributed by atoms with Gasteiger partial charge in [-0.15, -0.1) is 0 Å². The third kappa shape index (κ3) is 6.60. The van der Waals surface area contributed by atoms with Crippen LogP contribution in [0.5, 0.6) is 11.5 Å². The molecule has 0 aromatic heterocycles. The molecule has 0 atom stereocenters. The van der Waals surface area contributed by atoms with E-state index in [1.807, 2.05) is 0 Å². The summed E-state index contributed by atoms with van der Waals surface area (Å²) in [6.07, 6.45) is -3.30. The van der Waals surface area contributed by atoms with Crippen molar-refractivity contribution in [3.05, 3.63) is 99.2 Å². The highest BCUT2D eigenvalue weighted by Gasteiger charge is 2.36. The standard InChI is InChI=1S/C24H11Br2Cl2F3N2O5S/c25-14-5-12(8-20-22(34)32(23(35)39-20)10-11-1-3-16(27)17(28)7-11)6-15(26)21(14)38-19-4-2-13(24(29,30)31)9-18(19)33(36)37/h1-9H,10H2/b20-8-. The number of amides is 2. The Morgan fingerprint density at radius 2 is 1.69 bits per heavy atom. The Balaban J connectivity index is 1.58. The number of rotatable bonds is 6. The van der Waals surface area contributed by atoms with Gasteiger partial charge >= 0.3 is 11.9 Å². The molecule has 0 spiro atoms. The van der Waals surface area contributed by atoms with E-state index in [9.17, 15) is 32.9 Å². The van der Waals surface area contributed by atoms with Crippen LogP contribution in [0.2, 0.25) is 10.0 Å². The lowest BCUT2D eigenvalue weighted by Crippen LogP contribution is -2.27. The summed E-state index contributed by atoms with van der Waals surface area (Å²) in [5, 5.41) is 11.5. The Morgan fingerprint density at radius 1 is 1.03 bits per heavy atom. The lowest BCUT2D eigenvalue weighted by Gasteiger charge is -2.13. The molecule has 4 rings (SSSR count).